The van der Waals surface area contributed by atoms with Crippen molar-refractivity contribution < 1.29 is 4.79 Å². The first-order chi connectivity index (χ1) is 8.59. The summed E-state index contributed by atoms with van der Waals surface area (Å²) in [5, 5.41) is 1.10. The molecule has 0 N–H and O–H groups in total. The van der Waals surface area contributed by atoms with Crippen molar-refractivity contribution in [2.45, 2.75) is 4.83 Å². The minimum Gasteiger partial charge on any atom is -0.292 e. The number of carbonyl (C=O) groups is 1. The summed E-state index contributed by atoms with van der Waals surface area (Å²) < 4.78 is 0. The zero-order valence-corrected chi connectivity index (χ0v) is 12.3. The predicted octanol–water partition coefficient (Wildman–Crippen LogP) is 5.31. The molecular formula is C14H9BrCl2O. The van der Waals surface area contributed by atoms with Gasteiger partial charge >= 0.3 is 0 Å². The van der Waals surface area contributed by atoms with Crippen LogP contribution in [0.1, 0.15) is 20.7 Å². The van der Waals surface area contributed by atoms with Crippen molar-refractivity contribution >= 4 is 44.9 Å². The Morgan fingerprint density at radius 3 is 2.22 bits per heavy atom. The lowest BCUT2D eigenvalue weighted by Gasteiger charge is -2.10. The van der Waals surface area contributed by atoms with Crippen molar-refractivity contribution in [3.05, 3.63) is 69.7 Å². The van der Waals surface area contributed by atoms with Gasteiger partial charge in [0.25, 0.3) is 0 Å². The van der Waals surface area contributed by atoms with E-state index in [-0.39, 0.29) is 5.78 Å². The molecule has 2 rings (SSSR count). The number of halogens is 3. The second-order valence-corrected chi connectivity index (χ2v) is 5.52. The van der Waals surface area contributed by atoms with Crippen molar-refractivity contribution in [3.63, 3.8) is 0 Å². The van der Waals surface area contributed by atoms with Crippen LogP contribution in [-0.2, 0) is 0 Å². The molecule has 0 spiro atoms. The van der Waals surface area contributed by atoms with Crippen molar-refractivity contribution in [2.75, 3.05) is 0 Å². The smallest absolute Gasteiger partial charge is 0.182 e. The van der Waals surface area contributed by atoms with Gasteiger partial charge in [0.2, 0.25) is 0 Å². The molecule has 0 radical (unpaired) electrons. The van der Waals surface area contributed by atoms with Crippen LogP contribution in [0.5, 0.6) is 0 Å². The van der Waals surface area contributed by atoms with Crippen LogP contribution in [0.2, 0.25) is 10.0 Å². The summed E-state index contributed by atoms with van der Waals surface area (Å²) in [6.45, 7) is 0. The second-order valence-electron chi connectivity index (χ2n) is 3.76. The van der Waals surface area contributed by atoms with Crippen molar-refractivity contribution in [1.82, 2.24) is 0 Å². The fraction of sp³-hybridized carbons (Fsp3) is 0.0714. The second kappa shape index (κ2) is 5.87. The van der Waals surface area contributed by atoms with E-state index in [1.807, 2.05) is 12.1 Å². The van der Waals surface area contributed by atoms with Crippen LogP contribution in [0.25, 0.3) is 0 Å². The molecule has 0 aromatic heterocycles. The molecule has 2 aromatic rings. The van der Waals surface area contributed by atoms with Gasteiger partial charge in [-0.2, -0.15) is 0 Å². The number of alkyl halides is 1. The van der Waals surface area contributed by atoms with Crippen LogP contribution in [0, 0.1) is 0 Å². The molecule has 0 unspecified atom stereocenters. The molecule has 18 heavy (non-hydrogen) atoms. The predicted molar refractivity (Wildman–Crippen MR) is 78.9 cm³/mol. The molecule has 0 bridgehead atoms. The summed E-state index contributed by atoms with van der Waals surface area (Å²) in [7, 11) is 0. The quantitative estimate of drug-likeness (QED) is 0.545. The van der Waals surface area contributed by atoms with Crippen LogP contribution in [0.4, 0.5) is 0 Å². The number of Topliss-reactive ketones (excluding diaryl/α,β-unsaturated/α-hetero) is 1. The summed E-state index contributed by atoms with van der Waals surface area (Å²) in [6, 6.07) is 14.2. The zero-order chi connectivity index (χ0) is 13.1. The molecule has 0 fully saturated rings. The Morgan fingerprint density at radius 2 is 1.61 bits per heavy atom. The van der Waals surface area contributed by atoms with Crippen LogP contribution in [0.15, 0.2) is 48.5 Å². The van der Waals surface area contributed by atoms with Crippen molar-refractivity contribution in [2.24, 2.45) is 0 Å². The summed E-state index contributed by atoms with van der Waals surface area (Å²) in [5.74, 6) is -0.0667. The summed E-state index contributed by atoms with van der Waals surface area (Å²) in [6.07, 6.45) is 0. The molecule has 0 amide bonds. The molecule has 1 nitrogen and oxygen atoms in total. The molecule has 0 aliphatic rings. The van der Waals surface area contributed by atoms with E-state index in [2.05, 4.69) is 15.9 Å². The molecule has 0 saturated heterocycles. The van der Waals surface area contributed by atoms with Gasteiger partial charge in [0.15, 0.2) is 5.78 Å². The van der Waals surface area contributed by atoms with E-state index in [0.29, 0.717) is 15.6 Å². The lowest BCUT2D eigenvalue weighted by molar-refractivity contribution is 0.0991. The fourth-order valence-electron chi connectivity index (χ4n) is 1.58. The zero-order valence-electron chi connectivity index (χ0n) is 9.24. The maximum atomic E-state index is 12.3. The van der Waals surface area contributed by atoms with Gasteiger partial charge in [0.1, 0.15) is 4.83 Å². The highest BCUT2D eigenvalue weighted by Crippen LogP contribution is 2.30. The SMILES string of the molecule is O=C(c1ccccc1Cl)[C@H](Br)c1ccc(Cl)cc1. The van der Waals surface area contributed by atoms with E-state index >= 15 is 0 Å². The topological polar surface area (TPSA) is 17.1 Å². The average molecular weight is 344 g/mol. The Hall–Kier alpha value is -0.830. The normalized spacial score (nSPS) is 12.2. The largest absolute Gasteiger partial charge is 0.292 e. The molecule has 0 aliphatic carbocycles. The first-order valence-corrected chi connectivity index (χ1v) is 6.95. The Kier molecular flexibility index (Phi) is 4.44. The monoisotopic (exact) mass is 342 g/mol. The Balaban J connectivity index is 2.29. The highest BCUT2D eigenvalue weighted by Gasteiger charge is 2.20. The van der Waals surface area contributed by atoms with E-state index in [9.17, 15) is 4.79 Å². The maximum absolute atomic E-state index is 12.3. The van der Waals surface area contributed by atoms with Crippen LogP contribution in [0.3, 0.4) is 0 Å². The lowest BCUT2D eigenvalue weighted by atomic mass is 10.0. The summed E-state index contributed by atoms with van der Waals surface area (Å²) in [4.78, 5) is 11.9. The Labute approximate surface area is 124 Å². The summed E-state index contributed by atoms with van der Waals surface area (Å²) >= 11 is 15.2. The number of rotatable bonds is 3. The molecule has 92 valence electrons. The highest BCUT2D eigenvalue weighted by atomic mass is 79.9. The summed E-state index contributed by atoms with van der Waals surface area (Å²) in [5.41, 5.74) is 1.36. The van der Waals surface area contributed by atoms with Gasteiger partial charge in [0, 0.05) is 10.6 Å². The first-order valence-electron chi connectivity index (χ1n) is 5.28. The third-order valence-corrected chi connectivity index (χ3v) is 4.06. The number of ketones is 1. The fourth-order valence-corrected chi connectivity index (χ4v) is 2.49. The van der Waals surface area contributed by atoms with E-state index < -0.39 is 4.83 Å². The minimum atomic E-state index is -0.422. The Morgan fingerprint density at radius 1 is 1.00 bits per heavy atom. The van der Waals surface area contributed by atoms with Crippen LogP contribution < -0.4 is 0 Å². The van der Waals surface area contributed by atoms with E-state index in [1.165, 1.54) is 0 Å². The molecule has 0 heterocycles. The molecule has 1 atom stereocenters. The lowest BCUT2D eigenvalue weighted by Crippen LogP contribution is -2.07. The first kappa shape index (κ1) is 13.6. The van der Waals surface area contributed by atoms with Gasteiger partial charge in [-0.05, 0) is 29.8 Å². The molecule has 0 saturated carbocycles. The number of carbonyl (C=O) groups excluding carboxylic acids is 1. The molecule has 2 aromatic carbocycles. The average Bonchev–Trinajstić information content (AvgIpc) is 2.38. The maximum Gasteiger partial charge on any atom is 0.182 e. The minimum absolute atomic E-state index is 0.0667. The van der Waals surface area contributed by atoms with Gasteiger partial charge in [0.05, 0.1) is 5.02 Å². The molecule has 4 heteroatoms. The standard InChI is InChI=1S/C14H9BrCl2O/c15-13(9-5-7-10(16)8-6-9)14(18)11-3-1-2-4-12(11)17/h1-8,13H/t13-/m1/s1. The van der Waals surface area contributed by atoms with Crippen molar-refractivity contribution in [3.8, 4) is 0 Å². The highest BCUT2D eigenvalue weighted by molar-refractivity contribution is 9.09. The van der Waals surface area contributed by atoms with Crippen LogP contribution in [-0.4, -0.2) is 5.78 Å². The molecular weight excluding hydrogens is 335 g/mol. The number of hydrogen-bond donors (Lipinski definition) is 0. The van der Waals surface area contributed by atoms with E-state index in [1.54, 1.807) is 36.4 Å². The number of benzene rings is 2. The van der Waals surface area contributed by atoms with E-state index in [4.69, 9.17) is 23.2 Å². The number of hydrogen-bond acceptors (Lipinski definition) is 1. The Bertz CT molecular complexity index is 566. The van der Waals surface area contributed by atoms with Gasteiger partial charge in [-0.15, -0.1) is 0 Å². The van der Waals surface area contributed by atoms with Gasteiger partial charge in [-0.3, -0.25) is 4.79 Å². The van der Waals surface area contributed by atoms with Crippen LogP contribution >= 0.6 is 39.1 Å². The van der Waals surface area contributed by atoms with Crippen molar-refractivity contribution in [1.29, 1.82) is 0 Å². The van der Waals surface area contributed by atoms with Gasteiger partial charge in [-0.1, -0.05) is 63.4 Å². The molecule has 0 aliphatic heterocycles. The third kappa shape index (κ3) is 2.94. The van der Waals surface area contributed by atoms with E-state index in [0.717, 1.165) is 5.56 Å². The van der Waals surface area contributed by atoms with Gasteiger partial charge < -0.3 is 0 Å². The third-order valence-electron chi connectivity index (χ3n) is 2.53. The van der Waals surface area contributed by atoms with Gasteiger partial charge in [-0.25, -0.2) is 0 Å².